The number of aryl methyl sites for hydroxylation is 1. The van der Waals surface area contributed by atoms with Gasteiger partial charge in [-0.15, -0.1) is 0 Å². The van der Waals surface area contributed by atoms with Crippen LogP contribution < -0.4 is 0 Å². The average molecular weight is 274 g/mol. The maximum atomic E-state index is 4.38. The van der Waals surface area contributed by atoms with Gasteiger partial charge in [-0.05, 0) is 12.5 Å². The third kappa shape index (κ3) is 2.16. The van der Waals surface area contributed by atoms with E-state index < -0.39 is 0 Å². The summed E-state index contributed by atoms with van der Waals surface area (Å²) in [6, 6.07) is 10.3. The van der Waals surface area contributed by atoms with Crippen LogP contribution in [-0.2, 0) is 6.42 Å². The van der Waals surface area contributed by atoms with Crippen LogP contribution >= 0.6 is 23.5 Å². The molecule has 2 aromatic heterocycles. The minimum absolute atomic E-state index is 0.781. The Kier molecular flexibility index (Phi) is 3.12. The fraction of sp³-hybridized carbons (Fsp3) is 0.167. The molecule has 90 valence electrons. The maximum absolute atomic E-state index is 4.38. The molecule has 0 saturated carbocycles. The van der Waals surface area contributed by atoms with Crippen LogP contribution in [0.4, 0.5) is 0 Å². The lowest BCUT2D eigenvalue weighted by atomic mass is 10.1. The zero-order chi connectivity index (χ0) is 12.4. The Morgan fingerprint density at radius 2 is 1.61 bits per heavy atom. The van der Waals surface area contributed by atoms with Gasteiger partial charge in [0, 0.05) is 6.42 Å². The number of hydrogen-bond donors (Lipinski definition) is 0. The van der Waals surface area contributed by atoms with Gasteiger partial charge in [-0.1, -0.05) is 30.3 Å². The third-order valence-electron chi connectivity index (χ3n) is 2.65. The summed E-state index contributed by atoms with van der Waals surface area (Å²) < 4.78 is 17.2. The lowest BCUT2D eigenvalue weighted by molar-refractivity contribution is 1.12. The molecule has 0 saturated heterocycles. The van der Waals surface area contributed by atoms with Gasteiger partial charge in [-0.3, -0.25) is 0 Å². The van der Waals surface area contributed by atoms with E-state index in [4.69, 9.17) is 0 Å². The average Bonchev–Trinajstić information content (AvgIpc) is 2.99. The second kappa shape index (κ2) is 4.91. The molecule has 1 aromatic carbocycles. The number of nitrogens with zero attached hydrogens (tertiary/aromatic N) is 4. The summed E-state index contributed by atoms with van der Waals surface area (Å²) in [7, 11) is 0. The van der Waals surface area contributed by atoms with Gasteiger partial charge in [0.05, 0.1) is 34.8 Å². The first-order chi connectivity index (χ1) is 8.84. The van der Waals surface area contributed by atoms with E-state index in [0.717, 1.165) is 29.2 Å². The predicted octanol–water partition coefficient (Wildman–Crippen LogP) is 2.96. The molecule has 3 aromatic rings. The highest BCUT2D eigenvalue weighted by molar-refractivity contribution is 7.00. The molecule has 0 fully saturated rings. The molecule has 0 aliphatic carbocycles. The quantitative estimate of drug-likeness (QED) is 0.737. The molecule has 18 heavy (non-hydrogen) atoms. The van der Waals surface area contributed by atoms with E-state index in [2.05, 4.69) is 29.6 Å². The van der Waals surface area contributed by atoms with E-state index in [1.807, 2.05) is 25.1 Å². The minimum Gasteiger partial charge on any atom is -0.178 e. The molecule has 0 aliphatic heterocycles. The lowest BCUT2D eigenvalue weighted by Crippen LogP contribution is -1.92. The molecule has 6 heteroatoms. The highest BCUT2D eigenvalue weighted by Gasteiger charge is 2.16. The predicted molar refractivity (Wildman–Crippen MR) is 72.8 cm³/mol. The molecule has 0 atom stereocenters. The Bertz CT molecular complexity index is 645. The van der Waals surface area contributed by atoms with Crippen molar-refractivity contribution in [2.75, 3.05) is 0 Å². The molecule has 0 unspecified atom stereocenters. The SMILES string of the molecule is Cc1nsnc1-c1nsnc1Cc1ccccc1. The number of rotatable bonds is 3. The zero-order valence-corrected chi connectivity index (χ0v) is 11.3. The smallest absolute Gasteiger partial charge is 0.129 e. The van der Waals surface area contributed by atoms with E-state index in [1.165, 1.54) is 29.0 Å². The Morgan fingerprint density at radius 3 is 2.33 bits per heavy atom. The molecule has 0 N–H and O–H groups in total. The Balaban J connectivity index is 1.96. The number of aromatic nitrogens is 4. The number of benzene rings is 1. The van der Waals surface area contributed by atoms with Crippen molar-refractivity contribution >= 4 is 23.5 Å². The van der Waals surface area contributed by atoms with Crippen LogP contribution in [0.3, 0.4) is 0 Å². The molecule has 0 bridgehead atoms. The molecular formula is C12H10N4S2. The largest absolute Gasteiger partial charge is 0.178 e. The van der Waals surface area contributed by atoms with Gasteiger partial charge in [-0.2, -0.15) is 17.5 Å². The van der Waals surface area contributed by atoms with Crippen LogP contribution in [0, 0.1) is 6.92 Å². The fourth-order valence-corrected chi connectivity index (χ4v) is 2.85. The van der Waals surface area contributed by atoms with Crippen LogP contribution in [0.25, 0.3) is 11.4 Å². The second-order valence-corrected chi connectivity index (χ2v) is 4.98. The van der Waals surface area contributed by atoms with E-state index in [1.54, 1.807) is 0 Å². The van der Waals surface area contributed by atoms with Crippen LogP contribution in [-0.4, -0.2) is 17.5 Å². The zero-order valence-electron chi connectivity index (χ0n) is 9.70. The normalized spacial score (nSPS) is 10.7. The Labute approximate surface area is 113 Å². The Hall–Kier alpha value is -1.66. The lowest BCUT2D eigenvalue weighted by Gasteiger charge is -1.99. The van der Waals surface area contributed by atoms with E-state index in [-0.39, 0.29) is 0 Å². The van der Waals surface area contributed by atoms with Crippen LogP contribution in [0.1, 0.15) is 17.0 Å². The summed E-state index contributed by atoms with van der Waals surface area (Å²) in [6.45, 7) is 1.95. The molecule has 0 amide bonds. The van der Waals surface area contributed by atoms with Crippen LogP contribution in [0.15, 0.2) is 30.3 Å². The van der Waals surface area contributed by atoms with Crippen molar-refractivity contribution in [3.8, 4) is 11.4 Å². The first kappa shape index (κ1) is 11.4. The van der Waals surface area contributed by atoms with Gasteiger partial charge in [-0.25, -0.2) is 0 Å². The van der Waals surface area contributed by atoms with Crippen molar-refractivity contribution < 1.29 is 0 Å². The van der Waals surface area contributed by atoms with Gasteiger partial charge < -0.3 is 0 Å². The van der Waals surface area contributed by atoms with E-state index in [9.17, 15) is 0 Å². The number of hydrogen-bond acceptors (Lipinski definition) is 6. The fourth-order valence-electron chi connectivity index (χ4n) is 1.74. The third-order valence-corrected chi connectivity index (χ3v) is 3.83. The second-order valence-electron chi connectivity index (χ2n) is 3.92. The summed E-state index contributed by atoms with van der Waals surface area (Å²) in [5, 5.41) is 0. The van der Waals surface area contributed by atoms with E-state index in [0.29, 0.717) is 0 Å². The van der Waals surface area contributed by atoms with Gasteiger partial charge in [0.15, 0.2) is 0 Å². The summed E-state index contributed by atoms with van der Waals surface area (Å²) in [4.78, 5) is 0. The van der Waals surface area contributed by atoms with Gasteiger partial charge >= 0.3 is 0 Å². The summed E-state index contributed by atoms with van der Waals surface area (Å²) >= 11 is 2.45. The maximum Gasteiger partial charge on any atom is 0.129 e. The molecule has 2 heterocycles. The summed E-state index contributed by atoms with van der Waals surface area (Å²) in [5.41, 5.74) is 4.85. The van der Waals surface area contributed by atoms with Crippen LogP contribution in [0.5, 0.6) is 0 Å². The molecule has 0 spiro atoms. The van der Waals surface area contributed by atoms with Crippen molar-refractivity contribution in [1.82, 2.24) is 17.5 Å². The van der Waals surface area contributed by atoms with Crippen molar-refractivity contribution in [2.45, 2.75) is 13.3 Å². The topological polar surface area (TPSA) is 51.6 Å². The summed E-state index contributed by atoms with van der Waals surface area (Å²) in [5.74, 6) is 0. The standard InChI is InChI=1S/C12H10N4S2/c1-8-11(15-17-13-8)12-10(14-18-16-12)7-9-5-3-2-4-6-9/h2-6H,7H2,1H3. The first-order valence-corrected chi connectivity index (χ1v) is 6.95. The molecular weight excluding hydrogens is 264 g/mol. The van der Waals surface area contributed by atoms with Crippen molar-refractivity contribution in [3.63, 3.8) is 0 Å². The minimum atomic E-state index is 0.781. The molecule has 0 aliphatic rings. The van der Waals surface area contributed by atoms with Gasteiger partial charge in [0.2, 0.25) is 0 Å². The summed E-state index contributed by atoms with van der Waals surface area (Å²) in [6.07, 6.45) is 0.781. The van der Waals surface area contributed by atoms with Crippen molar-refractivity contribution in [3.05, 3.63) is 47.3 Å². The van der Waals surface area contributed by atoms with Crippen molar-refractivity contribution in [2.24, 2.45) is 0 Å². The highest BCUT2D eigenvalue weighted by Crippen LogP contribution is 2.25. The first-order valence-electron chi connectivity index (χ1n) is 5.49. The Morgan fingerprint density at radius 1 is 0.889 bits per heavy atom. The van der Waals surface area contributed by atoms with E-state index >= 15 is 0 Å². The molecule has 3 rings (SSSR count). The van der Waals surface area contributed by atoms with Gasteiger partial charge in [0.25, 0.3) is 0 Å². The van der Waals surface area contributed by atoms with Gasteiger partial charge in [0.1, 0.15) is 11.4 Å². The monoisotopic (exact) mass is 274 g/mol. The molecule has 0 radical (unpaired) electrons. The molecule has 4 nitrogen and oxygen atoms in total. The van der Waals surface area contributed by atoms with Crippen LogP contribution in [0.2, 0.25) is 0 Å². The highest BCUT2D eigenvalue weighted by atomic mass is 32.1. The van der Waals surface area contributed by atoms with Crippen molar-refractivity contribution in [1.29, 1.82) is 0 Å².